The number of piperazine rings is 1. The van der Waals surface area contributed by atoms with Gasteiger partial charge in [-0.3, -0.25) is 4.79 Å². The average molecular weight is 388 g/mol. The van der Waals surface area contributed by atoms with E-state index in [1.807, 2.05) is 0 Å². The van der Waals surface area contributed by atoms with E-state index in [0.717, 1.165) is 0 Å². The highest BCUT2D eigenvalue weighted by Crippen LogP contribution is 2.44. The van der Waals surface area contributed by atoms with E-state index in [1.54, 1.807) is 11.0 Å². The summed E-state index contributed by atoms with van der Waals surface area (Å²) in [6, 6.07) is 2.92. The molecule has 1 aromatic carbocycles. The van der Waals surface area contributed by atoms with Crippen molar-refractivity contribution in [3.05, 3.63) is 27.7 Å². The van der Waals surface area contributed by atoms with E-state index in [0.29, 0.717) is 25.2 Å². The summed E-state index contributed by atoms with van der Waals surface area (Å²) in [5.74, 6) is -0.860. The largest absolute Gasteiger partial charge is 0.573 e. The highest BCUT2D eigenvalue weighted by molar-refractivity contribution is 9.10. The van der Waals surface area contributed by atoms with Gasteiger partial charge < -0.3 is 15.0 Å². The van der Waals surface area contributed by atoms with Crippen LogP contribution in [0.1, 0.15) is 22.0 Å². The SMILES string of the molecule is Cl.O=C1c2c(ccc(Br)c2OC(F)(F)F)[C@@H]2CNCCN12. The zero-order valence-corrected chi connectivity index (χ0v) is 12.9. The van der Waals surface area contributed by atoms with Crippen molar-refractivity contribution in [3.63, 3.8) is 0 Å². The summed E-state index contributed by atoms with van der Waals surface area (Å²) in [6.45, 7) is 1.64. The van der Waals surface area contributed by atoms with E-state index in [-0.39, 0.29) is 28.5 Å². The Balaban J connectivity index is 0.00000161. The number of nitrogens with zero attached hydrogens (tertiary/aromatic N) is 1. The van der Waals surface area contributed by atoms with Crippen molar-refractivity contribution in [2.75, 3.05) is 19.6 Å². The zero-order valence-electron chi connectivity index (χ0n) is 10.5. The quantitative estimate of drug-likeness (QED) is 0.806. The van der Waals surface area contributed by atoms with Crippen molar-refractivity contribution < 1.29 is 22.7 Å². The Morgan fingerprint density at radius 1 is 1.38 bits per heavy atom. The second kappa shape index (κ2) is 5.66. The number of rotatable bonds is 1. The molecule has 1 N–H and O–H groups in total. The molecule has 1 saturated heterocycles. The van der Waals surface area contributed by atoms with Crippen molar-refractivity contribution in [3.8, 4) is 5.75 Å². The lowest BCUT2D eigenvalue weighted by molar-refractivity contribution is -0.275. The minimum absolute atomic E-state index is 0. The number of benzene rings is 1. The van der Waals surface area contributed by atoms with Crippen LogP contribution in [0.25, 0.3) is 0 Å². The van der Waals surface area contributed by atoms with Crippen LogP contribution in [0.15, 0.2) is 16.6 Å². The summed E-state index contributed by atoms with van der Waals surface area (Å²) in [7, 11) is 0. The van der Waals surface area contributed by atoms with Crippen LogP contribution in [0.2, 0.25) is 0 Å². The highest BCUT2D eigenvalue weighted by Gasteiger charge is 2.43. The van der Waals surface area contributed by atoms with E-state index in [1.165, 1.54) is 6.07 Å². The van der Waals surface area contributed by atoms with Crippen molar-refractivity contribution in [2.24, 2.45) is 0 Å². The third-order valence-electron chi connectivity index (χ3n) is 3.44. The van der Waals surface area contributed by atoms with Crippen molar-refractivity contribution in [2.45, 2.75) is 12.4 Å². The second-order valence-electron chi connectivity index (χ2n) is 4.61. The van der Waals surface area contributed by atoms with E-state index >= 15 is 0 Å². The number of fused-ring (bicyclic) bond motifs is 3. The topological polar surface area (TPSA) is 41.6 Å². The fraction of sp³-hybridized carbons (Fsp3) is 0.417. The van der Waals surface area contributed by atoms with Crippen LogP contribution < -0.4 is 10.1 Å². The lowest BCUT2D eigenvalue weighted by atomic mass is 10.0. The molecule has 1 aromatic rings. The predicted molar refractivity (Wildman–Crippen MR) is 74.7 cm³/mol. The Morgan fingerprint density at radius 2 is 2.10 bits per heavy atom. The number of ether oxygens (including phenoxy) is 1. The molecule has 0 bridgehead atoms. The number of hydrogen-bond donors (Lipinski definition) is 1. The summed E-state index contributed by atoms with van der Waals surface area (Å²) in [6.07, 6.45) is -4.83. The molecule has 116 valence electrons. The second-order valence-corrected chi connectivity index (χ2v) is 5.46. The van der Waals surface area contributed by atoms with Gasteiger partial charge in [0.05, 0.1) is 16.1 Å². The fourth-order valence-electron chi connectivity index (χ4n) is 2.66. The van der Waals surface area contributed by atoms with Crippen LogP contribution in [0.3, 0.4) is 0 Å². The maximum atomic E-state index is 12.5. The van der Waals surface area contributed by atoms with Gasteiger partial charge in [-0.25, -0.2) is 0 Å². The lowest BCUT2D eigenvalue weighted by Gasteiger charge is -2.30. The van der Waals surface area contributed by atoms with E-state index in [4.69, 9.17) is 0 Å². The van der Waals surface area contributed by atoms with Gasteiger partial charge in [-0.2, -0.15) is 0 Å². The first-order valence-electron chi connectivity index (χ1n) is 5.98. The van der Waals surface area contributed by atoms with E-state index in [9.17, 15) is 18.0 Å². The molecule has 3 rings (SSSR count). The maximum absolute atomic E-state index is 12.5. The first kappa shape index (κ1) is 16.4. The Kier molecular flexibility index (Phi) is 4.41. The molecular weight excluding hydrogens is 376 g/mol. The molecule has 2 aliphatic heterocycles. The molecule has 0 aliphatic carbocycles. The van der Waals surface area contributed by atoms with Crippen LogP contribution in [-0.4, -0.2) is 36.8 Å². The van der Waals surface area contributed by atoms with Gasteiger partial charge in [0.1, 0.15) is 0 Å². The minimum atomic E-state index is -4.83. The van der Waals surface area contributed by atoms with Crippen LogP contribution >= 0.6 is 28.3 Å². The van der Waals surface area contributed by atoms with Crippen molar-refractivity contribution >= 4 is 34.2 Å². The first-order valence-corrected chi connectivity index (χ1v) is 6.77. The normalized spacial score (nSPS) is 20.7. The monoisotopic (exact) mass is 386 g/mol. The van der Waals surface area contributed by atoms with Crippen molar-refractivity contribution in [1.29, 1.82) is 0 Å². The van der Waals surface area contributed by atoms with Crippen LogP contribution in [0, 0.1) is 0 Å². The van der Waals surface area contributed by atoms with E-state index < -0.39 is 18.0 Å². The molecule has 9 heteroatoms. The first-order chi connectivity index (χ1) is 9.38. The molecule has 2 aliphatic rings. The van der Waals surface area contributed by atoms with Crippen LogP contribution in [0.5, 0.6) is 5.75 Å². The third-order valence-corrected chi connectivity index (χ3v) is 4.06. The molecule has 1 fully saturated rings. The third kappa shape index (κ3) is 2.84. The molecule has 0 saturated carbocycles. The Labute approximate surface area is 133 Å². The van der Waals surface area contributed by atoms with Gasteiger partial charge in [-0.05, 0) is 27.6 Å². The van der Waals surface area contributed by atoms with E-state index in [2.05, 4.69) is 26.0 Å². The summed E-state index contributed by atoms with van der Waals surface area (Å²) in [4.78, 5) is 13.9. The Morgan fingerprint density at radius 3 is 2.76 bits per heavy atom. The van der Waals surface area contributed by atoms with Gasteiger partial charge in [0.2, 0.25) is 0 Å². The number of carbonyl (C=O) groups is 1. The zero-order chi connectivity index (χ0) is 14.5. The predicted octanol–water partition coefficient (Wildman–Crippen LogP) is 2.87. The summed E-state index contributed by atoms with van der Waals surface area (Å²) >= 11 is 3.02. The van der Waals surface area contributed by atoms with Gasteiger partial charge in [0.15, 0.2) is 5.75 Å². The van der Waals surface area contributed by atoms with Crippen LogP contribution in [-0.2, 0) is 0 Å². The number of halogens is 5. The molecule has 0 aromatic heterocycles. The molecule has 21 heavy (non-hydrogen) atoms. The average Bonchev–Trinajstić information content (AvgIpc) is 2.66. The Bertz CT molecular complexity index is 582. The van der Waals surface area contributed by atoms with Gasteiger partial charge >= 0.3 is 6.36 Å². The smallest absolute Gasteiger partial charge is 0.404 e. The van der Waals surface area contributed by atoms with Gasteiger partial charge in [-0.1, -0.05) is 6.07 Å². The standard InChI is InChI=1S/C12H10BrF3N2O2.ClH/c13-7-2-1-6-8-5-17-3-4-18(8)11(19)9(6)10(7)20-12(14,15)16;/h1-2,8,17H,3-5H2;1H/t8-;/m0./s1. The molecular formula is C12H11BrClF3N2O2. The van der Waals surface area contributed by atoms with Crippen molar-refractivity contribution in [1.82, 2.24) is 10.2 Å². The summed E-state index contributed by atoms with van der Waals surface area (Å²) < 4.78 is 41.7. The number of hydrogen-bond acceptors (Lipinski definition) is 3. The van der Waals surface area contributed by atoms with Gasteiger partial charge in [0.25, 0.3) is 5.91 Å². The lowest BCUT2D eigenvalue weighted by Crippen LogP contribution is -2.44. The highest BCUT2D eigenvalue weighted by atomic mass is 79.9. The number of nitrogens with one attached hydrogen (secondary N) is 1. The van der Waals surface area contributed by atoms with Gasteiger partial charge in [-0.15, -0.1) is 25.6 Å². The molecule has 0 spiro atoms. The van der Waals surface area contributed by atoms with Gasteiger partial charge in [0, 0.05) is 19.6 Å². The number of alkyl halides is 3. The molecule has 4 nitrogen and oxygen atoms in total. The Hall–Kier alpha value is -0.990. The summed E-state index contributed by atoms with van der Waals surface area (Å²) in [5.41, 5.74) is 0.579. The molecule has 0 radical (unpaired) electrons. The number of amides is 1. The minimum Gasteiger partial charge on any atom is -0.404 e. The molecule has 1 amide bonds. The fourth-order valence-corrected chi connectivity index (χ4v) is 3.07. The molecule has 2 heterocycles. The number of carbonyl (C=O) groups excluding carboxylic acids is 1. The van der Waals surface area contributed by atoms with Crippen LogP contribution in [0.4, 0.5) is 13.2 Å². The summed E-state index contributed by atoms with van der Waals surface area (Å²) in [5, 5.41) is 3.13. The maximum Gasteiger partial charge on any atom is 0.573 e. The molecule has 1 atom stereocenters. The molecule has 0 unspecified atom stereocenters.